The van der Waals surface area contributed by atoms with E-state index in [1.165, 1.54) is 11.6 Å². The lowest BCUT2D eigenvalue weighted by atomic mass is 10.0. The van der Waals surface area contributed by atoms with Crippen LogP contribution in [0.1, 0.15) is 5.56 Å². The number of hydrogen-bond acceptors (Lipinski definition) is 5. The summed E-state index contributed by atoms with van der Waals surface area (Å²) < 4.78 is 5.67. The third-order valence-corrected chi connectivity index (χ3v) is 5.92. The molecule has 0 unspecified atom stereocenters. The van der Waals surface area contributed by atoms with Crippen molar-refractivity contribution in [1.82, 2.24) is 9.80 Å². The normalized spacial score (nSPS) is 14.2. The highest BCUT2D eigenvalue weighted by Gasteiger charge is 2.21. The molecular formula is C25H24ClN3O4. The van der Waals surface area contributed by atoms with Crippen molar-refractivity contribution in [3.63, 3.8) is 0 Å². The molecule has 1 fully saturated rings. The Kier molecular flexibility index (Phi) is 7.22. The van der Waals surface area contributed by atoms with E-state index in [0.29, 0.717) is 24.4 Å². The van der Waals surface area contributed by atoms with Gasteiger partial charge in [-0.05, 0) is 41.5 Å². The third kappa shape index (κ3) is 5.88. The summed E-state index contributed by atoms with van der Waals surface area (Å²) in [6.45, 7) is 3.72. The van der Waals surface area contributed by atoms with E-state index in [-0.39, 0.29) is 18.2 Å². The van der Waals surface area contributed by atoms with Gasteiger partial charge in [-0.2, -0.15) is 0 Å². The van der Waals surface area contributed by atoms with E-state index in [4.69, 9.17) is 16.3 Å². The van der Waals surface area contributed by atoms with E-state index < -0.39 is 4.92 Å². The highest BCUT2D eigenvalue weighted by atomic mass is 35.5. The molecule has 0 atom stereocenters. The van der Waals surface area contributed by atoms with Crippen molar-refractivity contribution in [1.29, 1.82) is 0 Å². The number of amides is 1. The zero-order valence-electron chi connectivity index (χ0n) is 18.0. The molecule has 0 spiro atoms. The molecule has 3 aromatic rings. The Balaban J connectivity index is 1.26. The first-order chi connectivity index (χ1) is 16.0. The number of nitro benzene ring substituents is 1. The molecule has 1 saturated heterocycles. The van der Waals surface area contributed by atoms with Gasteiger partial charge in [0.05, 0.1) is 10.5 Å². The molecule has 0 saturated carbocycles. The van der Waals surface area contributed by atoms with Crippen LogP contribution in [-0.4, -0.2) is 53.4 Å². The fraction of sp³-hybridized carbons (Fsp3) is 0.240. The van der Waals surface area contributed by atoms with Crippen LogP contribution in [-0.2, 0) is 11.3 Å². The van der Waals surface area contributed by atoms with Crippen molar-refractivity contribution in [2.45, 2.75) is 6.54 Å². The fourth-order valence-electron chi connectivity index (χ4n) is 3.85. The van der Waals surface area contributed by atoms with Crippen molar-refractivity contribution < 1.29 is 14.5 Å². The van der Waals surface area contributed by atoms with Gasteiger partial charge in [-0.15, -0.1) is 0 Å². The van der Waals surface area contributed by atoms with Gasteiger partial charge in [0, 0.05) is 43.8 Å². The number of nitrogens with zero attached hydrogens (tertiary/aromatic N) is 3. The Hall–Kier alpha value is -3.42. The SMILES string of the molecule is O=C(COc1ccc(-c2ccccc2[N+](=O)[O-])cc1)N1CCN(Cc2ccc(Cl)cc2)CC1. The molecule has 0 radical (unpaired) electrons. The minimum absolute atomic E-state index is 0.0397. The summed E-state index contributed by atoms with van der Waals surface area (Å²) in [5, 5.41) is 12.0. The molecule has 33 heavy (non-hydrogen) atoms. The van der Waals surface area contributed by atoms with Crippen LogP contribution in [0.5, 0.6) is 5.75 Å². The van der Waals surface area contributed by atoms with E-state index in [1.54, 1.807) is 42.5 Å². The molecule has 1 heterocycles. The summed E-state index contributed by atoms with van der Waals surface area (Å²) in [7, 11) is 0. The first-order valence-corrected chi connectivity index (χ1v) is 11.1. The van der Waals surface area contributed by atoms with Gasteiger partial charge >= 0.3 is 0 Å². The summed E-state index contributed by atoms with van der Waals surface area (Å²) in [4.78, 5) is 27.6. The lowest BCUT2D eigenvalue weighted by molar-refractivity contribution is -0.384. The van der Waals surface area contributed by atoms with Gasteiger partial charge in [0.2, 0.25) is 0 Å². The second-order valence-corrected chi connectivity index (χ2v) is 8.31. The van der Waals surface area contributed by atoms with E-state index in [9.17, 15) is 14.9 Å². The number of piperazine rings is 1. The molecule has 1 aliphatic heterocycles. The third-order valence-electron chi connectivity index (χ3n) is 5.67. The van der Waals surface area contributed by atoms with Crippen molar-refractivity contribution >= 4 is 23.2 Å². The molecule has 0 N–H and O–H groups in total. The minimum atomic E-state index is -0.395. The average molecular weight is 466 g/mol. The molecule has 8 heteroatoms. The van der Waals surface area contributed by atoms with Gasteiger partial charge in [-0.25, -0.2) is 0 Å². The number of carbonyl (C=O) groups excluding carboxylic acids is 1. The molecule has 170 valence electrons. The average Bonchev–Trinajstić information content (AvgIpc) is 2.85. The predicted octanol–water partition coefficient (Wildman–Crippen LogP) is 4.64. The van der Waals surface area contributed by atoms with Crippen LogP contribution in [0.25, 0.3) is 11.1 Å². The van der Waals surface area contributed by atoms with Crippen LogP contribution in [0.2, 0.25) is 5.02 Å². The van der Waals surface area contributed by atoms with Crippen LogP contribution in [0.15, 0.2) is 72.8 Å². The van der Waals surface area contributed by atoms with Crippen molar-refractivity contribution in [2.24, 2.45) is 0 Å². The van der Waals surface area contributed by atoms with Gasteiger partial charge in [0.15, 0.2) is 6.61 Å². The Morgan fingerprint density at radius 2 is 1.61 bits per heavy atom. The second-order valence-electron chi connectivity index (χ2n) is 7.87. The van der Waals surface area contributed by atoms with E-state index >= 15 is 0 Å². The quantitative estimate of drug-likeness (QED) is 0.375. The van der Waals surface area contributed by atoms with Crippen LogP contribution in [0.3, 0.4) is 0 Å². The number of ether oxygens (including phenoxy) is 1. The fourth-order valence-corrected chi connectivity index (χ4v) is 3.97. The largest absolute Gasteiger partial charge is 0.484 e. The van der Waals surface area contributed by atoms with Crippen LogP contribution in [0.4, 0.5) is 5.69 Å². The highest BCUT2D eigenvalue weighted by Crippen LogP contribution is 2.30. The smallest absolute Gasteiger partial charge is 0.277 e. The maximum Gasteiger partial charge on any atom is 0.277 e. The van der Waals surface area contributed by atoms with Gasteiger partial charge in [0.1, 0.15) is 5.75 Å². The minimum Gasteiger partial charge on any atom is -0.484 e. The number of rotatable bonds is 7. The highest BCUT2D eigenvalue weighted by molar-refractivity contribution is 6.30. The zero-order valence-corrected chi connectivity index (χ0v) is 18.8. The topological polar surface area (TPSA) is 75.9 Å². The molecule has 4 rings (SSSR count). The predicted molar refractivity (Wildman–Crippen MR) is 127 cm³/mol. The molecular weight excluding hydrogens is 442 g/mol. The maximum atomic E-state index is 12.6. The Morgan fingerprint density at radius 3 is 2.27 bits per heavy atom. The number of para-hydroxylation sites is 1. The molecule has 7 nitrogen and oxygen atoms in total. The van der Waals surface area contributed by atoms with Crippen molar-refractivity contribution in [3.05, 3.63) is 93.5 Å². The maximum absolute atomic E-state index is 12.6. The molecule has 1 amide bonds. The van der Waals surface area contributed by atoms with Crippen LogP contribution >= 0.6 is 11.6 Å². The molecule has 0 bridgehead atoms. The van der Waals surface area contributed by atoms with Gasteiger partial charge in [-0.1, -0.05) is 48.0 Å². The summed E-state index contributed by atoms with van der Waals surface area (Å²) in [6, 6.07) is 21.4. The number of nitro groups is 1. The van der Waals surface area contributed by atoms with Crippen molar-refractivity contribution in [2.75, 3.05) is 32.8 Å². The Bertz CT molecular complexity index is 1110. The van der Waals surface area contributed by atoms with E-state index in [2.05, 4.69) is 4.90 Å². The van der Waals surface area contributed by atoms with Crippen LogP contribution < -0.4 is 4.74 Å². The standard InChI is InChI=1S/C25H24ClN3O4/c26-21-9-5-19(6-10-21)17-27-13-15-28(16-14-27)25(30)18-33-22-11-7-20(8-12-22)23-3-1-2-4-24(23)29(31)32/h1-12H,13-18H2. The van der Waals surface area contributed by atoms with E-state index in [0.717, 1.165) is 30.2 Å². The molecule has 1 aliphatic rings. The van der Waals surface area contributed by atoms with Gasteiger partial charge in [0.25, 0.3) is 11.6 Å². The summed E-state index contributed by atoms with van der Waals surface area (Å²) in [5.41, 5.74) is 2.52. The zero-order chi connectivity index (χ0) is 23.2. The van der Waals surface area contributed by atoms with Crippen LogP contribution in [0, 0.1) is 10.1 Å². The second kappa shape index (κ2) is 10.5. The van der Waals surface area contributed by atoms with Gasteiger partial charge in [-0.3, -0.25) is 19.8 Å². The molecule has 0 aliphatic carbocycles. The number of hydrogen-bond donors (Lipinski definition) is 0. The Labute approximate surface area is 197 Å². The lowest BCUT2D eigenvalue weighted by Crippen LogP contribution is -2.49. The number of halogens is 1. The summed E-state index contributed by atoms with van der Waals surface area (Å²) >= 11 is 5.94. The number of benzene rings is 3. The van der Waals surface area contributed by atoms with E-state index in [1.807, 2.05) is 29.2 Å². The van der Waals surface area contributed by atoms with Crippen molar-refractivity contribution in [3.8, 4) is 16.9 Å². The monoisotopic (exact) mass is 465 g/mol. The number of carbonyl (C=O) groups is 1. The Morgan fingerprint density at radius 1 is 0.939 bits per heavy atom. The summed E-state index contributed by atoms with van der Waals surface area (Å²) in [6.07, 6.45) is 0. The molecule has 0 aromatic heterocycles. The lowest BCUT2D eigenvalue weighted by Gasteiger charge is -2.34. The summed E-state index contributed by atoms with van der Waals surface area (Å²) in [5.74, 6) is 0.496. The van der Waals surface area contributed by atoms with Gasteiger partial charge < -0.3 is 9.64 Å². The molecule has 3 aromatic carbocycles. The first kappa shape index (κ1) is 22.8. The first-order valence-electron chi connectivity index (χ1n) is 10.7.